The van der Waals surface area contributed by atoms with Crippen molar-refractivity contribution in [2.24, 2.45) is 0 Å². The average Bonchev–Trinajstić information content (AvgIpc) is 2.55. The van der Waals surface area contributed by atoms with Gasteiger partial charge in [-0.05, 0) is 36.3 Å². The Hall–Kier alpha value is -0.820. The first kappa shape index (κ1) is 16.5. The van der Waals surface area contributed by atoms with Gasteiger partial charge in [0.1, 0.15) is 0 Å². The summed E-state index contributed by atoms with van der Waals surface area (Å²) in [5.41, 5.74) is 2.58. The van der Waals surface area contributed by atoms with E-state index in [1.54, 1.807) is 0 Å². The lowest BCUT2D eigenvalue weighted by Crippen LogP contribution is -2.05. The smallest absolute Gasteiger partial charge is 0.0790 e. The van der Waals surface area contributed by atoms with E-state index >= 15 is 0 Å². The molecule has 1 aromatic carbocycles. The molecule has 21 heavy (non-hydrogen) atoms. The lowest BCUT2D eigenvalue weighted by molar-refractivity contribution is 0.163. The fourth-order valence-corrected chi connectivity index (χ4v) is 3.53. The largest absolute Gasteiger partial charge is 0.388 e. The highest BCUT2D eigenvalue weighted by atomic mass is 16.3. The first-order valence-corrected chi connectivity index (χ1v) is 9.09. The summed E-state index contributed by atoms with van der Waals surface area (Å²) in [6.07, 6.45) is 13.8. The standard InChI is InChI=1S/C20H32O/c1-2-3-4-5-9-12-20(21)19-15-13-18(14-16-19)17-10-7-6-8-11-17/h13-17,20-21H,2-12H2,1H3. The Morgan fingerprint density at radius 2 is 1.62 bits per heavy atom. The van der Waals surface area contributed by atoms with Gasteiger partial charge in [0.15, 0.2) is 0 Å². The van der Waals surface area contributed by atoms with Crippen molar-refractivity contribution < 1.29 is 5.11 Å². The lowest BCUT2D eigenvalue weighted by atomic mass is 9.83. The molecule has 1 aliphatic carbocycles. The summed E-state index contributed by atoms with van der Waals surface area (Å²) >= 11 is 0. The maximum atomic E-state index is 10.3. The van der Waals surface area contributed by atoms with Gasteiger partial charge in [-0.25, -0.2) is 0 Å². The van der Waals surface area contributed by atoms with E-state index in [4.69, 9.17) is 0 Å². The molecule has 0 amide bonds. The van der Waals surface area contributed by atoms with E-state index in [1.165, 1.54) is 63.4 Å². The molecule has 0 spiro atoms. The van der Waals surface area contributed by atoms with Gasteiger partial charge in [0.25, 0.3) is 0 Å². The van der Waals surface area contributed by atoms with Crippen molar-refractivity contribution in [2.75, 3.05) is 0 Å². The van der Waals surface area contributed by atoms with E-state index in [9.17, 15) is 5.11 Å². The Morgan fingerprint density at radius 3 is 2.29 bits per heavy atom. The highest BCUT2D eigenvalue weighted by molar-refractivity contribution is 5.27. The summed E-state index contributed by atoms with van der Waals surface area (Å²) in [5.74, 6) is 0.763. The molecule has 0 aromatic heterocycles. The third-order valence-corrected chi connectivity index (χ3v) is 4.98. The number of benzene rings is 1. The molecule has 1 saturated carbocycles. The van der Waals surface area contributed by atoms with E-state index < -0.39 is 0 Å². The van der Waals surface area contributed by atoms with E-state index in [2.05, 4.69) is 31.2 Å². The summed E-state index contributed by atoms with van der Waals surface area (Å²) in [5, 5.41) is 10.3. The predicted octanol–water partition coefficient (Wildman–Crippen LogP) is 6.13. The van der Waals surface area contributed by atoms with Gasteiger partial charge in [-0.15, -0.1) is 0 Å². The molecular weight excluding hydrogens is 256 g/mol. The molecule has 1 unspecified atom stereocenters. The van der Waals surface area contributed by atoms with Crippen LogP contribution in [0.3, 0.4) is 0 Å². The molecule has 1 heteroatoms. The second-order valence-corrected chi connectivity index (χ2v) is 6.72. The summed E-state index contributed by atoms with van der Waals surface area (Å²) in [6.45, 7) is 2.24. The van der Waals surface area contributed by atoms with Crippen molar-refractivity contribution in [3.63, 3.8) is 0 Å². The monoisotopic (exact) mass is 288 g/mol. The van der Waals surface area contributed by atoms with Crippen LogP contribution in [0.15, 0.2) is 24.3 Å². The zero-order chi connectivity index (χ0) is 14.9. The van der Waals surface area contributed by atoms with Gasteiger partial charge in [-0.1, -0.05) is 82.6 Å². The molecule has 2 rings (SSSR count). The van der Waals surface area contributed by atoms with Crippen LogP contribution in [0.2, 0.25) is 0 Å². The Morgan fingerprint density at radius 1 is 0.952 bits per heavy atom. The van der Waals surface area contributed by atoms with Crippen molar-refractivity contribution in [1.29, 1.82) is 0 Å². The molecule has 1 aromatic rings. The highest BCUT2D eigenvalue weighted by Gasteiger charge is 2.15. The van der Waals surface area contributed by atoms with Crippen molar-refractivity contribution in [2.45, 2.75) is 89.6 Å². The fraction of sp³-hybridized carbons (Fsp3) is 0.700. The van der Waals surface area contributed by atoms with E-state index in [-0.39, 0.29) is 6.10 Å². The van der Waals surface area contributed by atoms with Gasteiger partial charge in [-0.2, -0.15) is 0 Å². The summed E-state index contributed by atoms with van der Waals surface area (Å²) in [6, 6.07) is 8.82. The normalized spacial score (nSPS) is 17.8. The lowest BCUT2D eigenvalue weighted by Gasteiger charge is -2.22. The number of aliphatic hydroxyl groups is 1. The molecule has 1 nitrogen and oxygen atoms in total. The first-order chi connectivity index (χ1) is 10.3. The van der Waals surface area contributed by atoms with Crippen LogP contribution in [0.1, 0.15) is 101 Å². The fourth-order valence-electron chi connectivity index (χ4n) is 3.53. The summed E-state index contributed by atoms with van der Waals surface area (Å²) in [4.78, 5) is 0. The molecule has 1 N–H and O–H groups in total. The molecule has 1 fully saturated rings. The molecule has 0 bridgehead atoms. The summed E-state index contributed by atoms with van der Waals surface area (Å²) in [7, 11) is 0. The maximum Gasteiger partial charge on any atom is 0.0790 e. The average molecular weight is 288 g/mol. The van der Waals surface area contributed by atoms with Crippen LogP contribution in [-0.4, -0.2) is 5.11 Å². The quantitative estimate of drug-likeness (QED) is 0.571. The second kappa shape index (κ2) is 9.25. The first-order valence-electron chi connectivity index (χ1n) is 9.09. The van der Waals surface area contributed by atoms with Crippen LogP contribution in [0, 0.1) is 0 Å². The van der Waals surface area contributed by atoms with Crippen LogP contribution in [0.4, 0.5) is 0 Å². The highest BCUT2D eigenvalue weighted by Crippen LogP contribution is 2.33. The molecule has 0 heterocycles. The Bertz CT molecular complexity index is 375. The van der Waals surface area contributed by atoms with Gasteiger partial charge >= 0.3 is 0 Å². The van der Waals surface area contributed by atoms with Gasteiger partial charge in [0.2, 0.25) is 0 Å². The molecular formula is C20H32O. The molecule has 0 radical (unpaired) electrons. The number of aliphatic hydroxyl groups excluding tert-OH is 1. The van der Waals surface area contributed by atoms with Crippen LogP contribution in [0.25, 0.3) is 0 Å². The summed E-state index contributed by atoms with van der Waals surface area (Å²) < 4.78 is 0. The minimum atomic E-state index is -0.271. The van der Waals surface area contributed by atoms with Crippen LogP contribution in [0.5, 0.6) is 0 Å². The van der Waals surface area contributed by atoms with Crippen LogP contribution in [-0.2, 0) is 0 Å². The van der Waals surface area contributed by atoms with E-state index in [0.717, 1.165) is 24.3 Å². The SMILES string of the molecule is CCCCCCCC(O)c1ccc(C2CCCCC2)cc1. The second-order valence-electron chi connectivity index (χ2n) is 6.72. The molecule has 0 saturated heterocycles. The van der Waals surface area contributed by atoms with Crippen molar-refractivity contribution in [1.82, 2.24) is 0 Å². The van der Waals surface area contributed by atoms with Crippen molar-refractivity contribution >= 4 is 0 Å². The Balaban J connectivity index is 1.77. The predicted molar refractivity (Wildman–Crippen MR) is 90.6 cm³/mol. The molecule has 118 valence electrons. The topological polar surface area (TPSA) is 20.2 Å². The van der Waals surface area contributed by atoms with Gasteiger partial charge in [0.05, 0.1) is 6.10 Å². The van der Waals surface area contributed by atoms with E-state index in [1.807, 2.05) is 0 Å². The molecule has 0 aliphatic heterocycles. The van der Waals surface area contributed by atoms with Gasteiger partial charge < -0.3 is 5.11 Å². The molecule has 1 aliphatic rings. The zero-order valence-corrected chi connectivity index (χ0v) is 13.7. The maximum absolute atomic E-state index is 10.3. The van der Waals surface area contributed by atoms with Crippen molar-refractivity contribution in [3.8, 4) is 0 Å². The Kier molecular flexibility index (Phi) is 7.29. The van der Waals surface area contributed by atoms with Crippen LogP contribution >= 0.6 is 0 Å². The number of unbranched alkanes of at least 4 members (excludes halogenated alkanes) is 4. The minimum absolute atomic E-state index is 0.271. The Labute approximate surface area is 130 Å². The van der Waals surface area contributed by atoms with Gasteiger partial charge in [0, 0.05) is 0 Å². The van der Waals surface area contributed by atoms with Gasteiger partial charge in [-0.3, -0.25) is 0 Å². The number of hydrogen-bond donors (Lipinski definition) is 1. The number of hydrogen-bond acceptors (Lipinski definition) is 1. The number of rotatable bonds is 8. The minimum Gasteiger partial charge on any atom is -0.388 e. The zero-order valence-electron chi connectivity index (χ0n) is 13.7. The van der Waals surface area contributed by atoms with Crippen molar-refractivity contribution in [3.05, 3.63) is 35.4 Å². The third-order valence-electron chi connectivity index (χ3n) is 4.98. The van der Waals surface area contributed by atoms with E-state index in [0.29, 0.717) is 0 Å². The van der Waals surface area contributed by atoms with Crippen LogP contribution < -0.4 is 0 Å². The molecule has 1 atom stereocenters. The third kappa shape index (κ3) is 5.47.